The molecule has 4 rings (SSSR count). The van der Waals surface area contributed by atoms with Gasteiger partial charge in [-0.05, 0) is 41.5 Å². The predicted molar refractivity (Wildman–Crippen MR) is 116 cm³/mol. The highest BCUT2D eigenvalue weighted by atomic mass is 32.2. The van der Waals surface area contributed by atoms with E-state index in [0.29, 0.717) is 6.61 Å². The topological polar surface area (TPSA) is 84.9 Å². The second-order valence-electron chi connectivity index (χ2n) is 7.49. The standard InChI is InChI=1S/C23H25NO5S/c25-22(26)20(14-30-21-11-5-6-12-28-21)24-23(27)29-13-19-17-9-3-1-7-15(17)16-8-2-4-10-18(16)19/h1-4,7-10,19-21H,5-6,11-14H2,(H,24,27)(H,25,26). The van der Waals surface area contributed by atoms with Crippen LogP contribution in [0.4, 0.5) is 4.79 Å². The summed E-state index contributed by atoms with van der Waals surface area (Å²) in [5.74, 6) is -0.896. The first kappa shape index (κ1) is 20.8. The quantitative estimate of drug-likeness (QED) is 0.688. The fraction of sp³-hybridized carbons (Fsp3) is 0.391. The third kappa shape index (κ3) is 4.63. The number of thioether (sulfide) groups is 1. The van der Waals surface area contributed by atoms with E-state index in [-0.39, 0.29) is 23.7 Å². The Labute approximate surface area is 180 Å². The number of benzene rings is 2. The maximum atomic E-state index is 12.4. The molecule has 7 heteroatoms. The van der Waals surface area contributed by atoms with E-state index in [1.807, 2.05) is 36.4 Å². The maximum Gasteiger partial charge on any atom is 0.407 e. The molecule has 6 nitrogen and oxygen atoms in total. The molecule has 1 amide bonds. The Morgan fingerprint density at radius 1 is 1.10 bits per heavy atom. The number of carbonyl (C=O) groups excluding carboxylic acids is 1. The minimum atomic E-state index is -1.08. The van der Waals surface area contributed by atoms with E-state index in [9.17, 15) is 14.7 Å². The SMILES string of the molecule is O=C(NC(CSC1CCCCO1)C(=O)O)OCC1c2ccccc2-c2ccccc21. The van der Waals surface area contributed by atoms with Crippen LogP contribution in [0.5, 0.6) is 0 Å². The molecule has 2 atom stereocenters. The molecule has 2 aromatic rings. The number of carboxylic acid groups (broad SMARTS) is 1. The summed E-state index contributed by atoms with van der Waals surface area (Å²) >= 11 is 1.43. The number of alkyl carbamates (subject to hydrolysis) is 1. The van der Waals surface area contributed by atoms with Gasteiger partial charge in [0.25, 0.3) is 0 Å². The van der Waals surface area contributed by atoms with Crippen molar-refractivity contribution in [1.29, 1.82) is 0 Å². The van der Waals surface area contributed by atoms with Gasteiger partial charge in [0.05, 0.1) is 0 Å². The lowest BCUT2D eigenvalue weighted by Gasteiger charge is -2.23. The Bertz CT molecular complexity index is 866. The van der Waals surface area contributed by atoms with Gasteiger partial charge in [-0.15, -0.1) is 11.8 Å². The first-order chi connectivity index (χ1) is 14.6. The zero-order chi connectivity index (χ0) is 20.9. The van der Waals surface area contributed by atoms with Crippen molar-refractivity contribution in [3.63, 3.8) is 0 Å². The van der Waals surface area contributed by atoms with E-state index in [0.717, 1.165) is 41.5 Å². The monoisotopic (exact) mass is 427 g/mol. The summed E-state index contributed by atoms with van der Waals surface area (Å²) < 4.78 is 11.1. The second-order valence-corrected chi connectivity index (χ2v) is 8.68. The van der Waals surface area contributed by atoms with Crippen molar-refractivity contribution in [2.24, 2.45) is 0 Å². The van der Waals surface area contributed by atoms with Gasteiger partial charge in [-0.25, -0.2) is 9.59 Å². The van der Waals surface area contributed by atoms with Crippen molar-refractivity contribution in [2.45, 2.75) is 36.7 Å². The van der Waals surface area contributed by atoms with E-state index in [1.54, 1.807) is 0 Å². The molecule has 1 heterocycles. The van der Waals surface area contributed by atoms with Crippen LogP contribution >= 0.6 is 11.8 Å². The van der Waals surface area contributed by atoms with Gasteiger partial charge in [-0.1, -0.05) is 48.5 Å². The van der Waals surface area contributed by atoms with Crippen LogP contribution in [0.3, 0.4) is 0 Å². The molecule has 0 spiro atoms. The van der Waals surface area contributed by atoms with Gasteiger partial charge >= 0.3 is 12.1 Å². The number of hydrogen-bond acceptors (Lipinski definition) is 5. The summed E-state index contributed by atoms with van der Waals surface area (Å²) in [4.78, 5) is 23.9. The largest absolute Gasteiger partial charge is 0.480 e. The van der Waals surface area contributed by atoms with Crippen LogP contribution in [0, 0.1) is 0 Å². The third-order valence-electron chi connectivity index (χ3n) is 5.52. The van der Waals surface area contributed by atoms with E-state index < -0.39 is 18.1 Å². The van der Waals surface area contributed by atoms with E-state index >= 15 is 0 Å². The molecular weight excluding hydrogens is 402 g/mol. The zero-order valence-electron chi connectivity index (χ0n) is 16.6. The highest BCUT2D eigenvalue weighted by molar-refractivity contribution is 7.99. The normalized spacial score (nSPS) is 18.9. The Morgan fingerprint density at radius 2 is 1.77 bits per heavy atom. The minimum Gasteiger partial charge on any atom is -0.480 e. The van der Waals surface area contributed by atoms with Gasteiger partial charge in [0.2, 0.25) is 0 Å². The maximum absolute atomic E-state index is 12.4. The third-order valence-corrected chi connectivity index (χ3v) is 6.79. The number of fused-ring (bicyclic) bond motifs is 3. The average molecular weight is 428 g/mol. The molecule has 0 aromatic heterocycles. The molecule has 2 aromatic carbocycles. The Kier molecular flexibility index (Phi) is 6.59. The number of carbonyl (C=O) groups is 2. The summed E-state index contributed by atoms with van der Waals surface area (Å²) in [7, 11) is 0. The number of ether oxygens (including phenoxy) is 2. The van der Waals surface area contributed by atoms with Gasteiger partial charge in [-0.3, -0.25) is 0 Å². The van der Waals surface area contributed by atoms with Crippen molar-refractivity contribution in [1.82, 2.24) is 5.32 Å². The highest BCUT2D eigenvalue weighted by Crippen LogP contribution is 2.44. The summed E-state index contributed by atoms with van der Waals surface area (Å²) in [6.45, 7) is 0.861. The number of hydrogen-bond donors (Lipinski definition) is 2. The zero-order valence-corrected chi connectivity index (χ0v) is 17.4. The molecule has 1 saturated heterocycles. The smallest absolute Gasteiger partial charge is 0.407 e. The lowest BCUT2D eigenvalue weighted by Crippen LogP contribution is -2.43. The molecule has 0 bridgehead atoms. The van der Waals surface area contributed by atoms with E-state index in [2.05, 4.69) is 17.4 Å². The van der Waals surface area contributed by atoms with Crippen LogP contribution in [0.2, 0.25) is 0 Å². The molecule has 158 valence electrons. The molecular formula is C23H25NO5S. The molecule has 0 saturated carbocycles. The lowest BCUT2D eigenvalue weighted by molar-refractivity contribution is -0.138. The fourth-order valence-electron chi connectivity index (χ4n) is 4.00. The van der Waals surface area contributed by atoms with Crippen LogP contribution in [-0.4, -0.2) is 47.6 Å². The number of nitrogens with one attached hydrogen (secondary N) is 1. The van der Waals surface area contributed by atoms with Crippen LogP contribution in [0.25, 0.3) is 11.1 Å². The van der Waals surface area contributed by atoms with Crippen molar-refractivity contribution in [3.05, 3.63) is 59.7 Å². The molecule has 1 fully saturated rings. The first-order valence-corrected chi connectivity index (χ1v) is 11.3. The molecule has 0 radical (unpaired) electrons. The Hall–Kier alpha value is -2.51. The van der Waals surface area contributed by atoms with Crippen molar-refractivity contribution >= 4 is 23.8 Å². The number of amides is 1. The lowest BCUT2D eigenvalue weighted by atomic mass is 9.98. The van der Waals surface area contributed by atoms with Gasteiger partial charge in [0, 0.05) is 18.3 Å². The first-order valence-electron chi connectivity index (χ1n) is 10.2. The highest BCUT2D eigenvalue weighted by Gasteiger charge is 2.30. The van der Waals surface area contributed by atoms with E-state index in [1.165, 1.54) is 11.8 Å². The van der Waals surface area contributed by atoms with Crippen LogP contribution in [-0.2, 0) is 14.3 Å². The second kappa shape index (κ2) is 9.53. The average Bonchev–Trinajstić information content (AvgIpc) is 3.09. The van der Waals surface area contributed by atoms with Crippen LogP contribution in [0.1, 0.15) is 36.3 Å². The summed E-state index contributed by atoms with van der Waals surface area (Å²) in [5.41, 5.74) is 4.52. The number of carboxylic acids is 1. The predicted octanol–water partition coefficient (Wildman–Crippen LogP) is 4.24. The van der Waals surface area contributed by atoms with Gasteiger partial charge < -0.3 is 19.9 Å². The number of aliphatic carboxylic acids is 1. The molecule has 2 aliphatic rings. The minimum absolute atomic E-state index is 0.00934. The summed E-state index contributed by atoms with van der Waals surface area (Å²) in [5, 5.41) is 12.0. The van der Waals surface area contributed by atoms with Crippen molar-refractivity contribution in [3.8, 4) is 11.1 Å². The Morgan fingerprint density at radius 3 is 2.37 bits per heavy atom. The van der Waals surface area contributed by atoms with Crippen molar-refractivity contribution < 1.29 is 24.2 Å². The Balaban J connectivity index is 1.35. The van der Waals surface area contributed by atoms with Crippen molar-refractivity contribution in [2.75, 3.05) is 19.0 Å². The summed E-state index contributed by atoms with van der Waals surface area (Å²) in [6, 6.07) is 15.2. The van der Waals surface area contributed by atoms with Gasteiger partial charge in [-0.2, -0.15) is 0 Å². The van der Waals surface area contributed by atoms with Gasteiger partial charge in [0.1, 0.15) is 18.1 Å². The fourth-order valence-corrected chi connectivity index (χ4v) is 5.16. The van der Waals surface area contributed by atoms with Crippen LogP contribution in [0.15, 0.2) is 48.5 Å². The van der Waals surface area contributed by atoms with E-state index in [4.69, 9.17) is 9.47 Å². The molecule has 2 N–H and O–H groups in total. The number of rotatable bonds is 7. The molecule has 1 aliphatic carbocycles. The molecule has 2 unspecified atom stereocenters. The molecule has 30 heavy (non-hydrogen) atoms. The van der Waals surface area contributed by atoms with Gasteiger partial charge in [0.15, 0.2) is 0 Å². The summed E-state index contributed by atoms with van der Waals surface area (Å²) in [6.07, 6.45) is 2.31. The van der Waals surface area contributed by atoms with Crippen LogP contribution < -0.4 is 5.32 Å². The molecule has 1 aliphatic heterocycles.